The third kappa shape index (κ3) is 5.37. The third-order valence-corrected chi connectivity index (χ3v) is 4.95. The summed E-state index contributed by atoms with van der Waals surface area (Å²) in [6.07, 6.45) is 5.03. The van der Waals surface area contributed by atoms with Crippen molar-refractivity contribution in [3.63, 3.8) is 0 Å². The van der Waals surface area contributed by atoms with E-state index in [0.717, 1.165) is 24.2 Å². The lowest BCUT2D eigenvalue weighted by Gasteiger charge is -2.26. The largest absolute Gasteiger partial charge is 0.385 e. The second-order valence-electron chi connectivity index (χ2n) is 6.76. The van der Waals surface area contributed by atoms with Gasteiger partial charge in [-0.05, 0) is 48.8 Å². The standard InChI is InChI=1S/C19H20F2.C3H8O/c1-13-5-7-14(8-6-13)15-9-11-16(12-10-15)17-3-2-4-18(20)19(17)21;1-3-4-2/h2-4,9-14H,5-8H2,1H3;3H2,1-2H3. The number of rotatable bonds is 3. The number of methoxy groups -OCH3 is 1. The lowest BCUT2D eigenvalue weighted by molar-refractivity contribution is 0.215. The van der Waals surface area contributed by atoms with Gasteiger partial charge in [-0.1, -0.05) is 56.2 Å². The van der Waals surface area contributed by atoms with Crippen molar-refractivity contribution in [2.45, 2.75) is 45.4 Å². The van der Waals surface area contributed by atoms with Crippen molar-refractivity contribution in [3.8, 4) is 11.1 Å². The summed E-state index contributed by atoms with van der Waals surface area (Å²) in [5.41, 5.74) is 2.39. The van der Waals surface area contributed by atoms with Crippen LogP contribution in [-0.4, -0.2) is 13.7 Å². The SMILES string of the molecule is CC1CCC(c2ccc(-c3cccc(F)c3F)cc2)CC1.CCOC. The number of halogens is 2. The monoisotopic (exact) mass is 346 g/mol. The van der Waals surface area contributed by atoms with Gasteiger partial charge < -0.3 is 4.74 Å². The van der Waals surface area contributed by atoms with Gasteiger partial charge in [-0.3, -0.25) is 0 Å². The van der Waals surface area contributed by atoms with E-state index in [1.165, 1.54) is 31.2 Å². The Hall–Kier alpha value is -1.74. The fraction of sp³-hybridized carbons (Fsp3) is 0.455. The quantitative estimate of drug-likeness (QED) is 0.610. The van der Waals surface area contributed by atoms with Crippen LogP contribution < -0.4 is 0 Å². The van der Waals surface area contributed by atoms with E-state index in [0.29, 0.717) is 11.5 Å². The Balaban J connectivity index is 0.000000511. The van der Waals surface area contributed by atoms with E-state index in [1.807, 2.05) is 19.1 Å². The van der Waals surface area contributed by atoms with Crippen LogP contribution in [0.15, 0.2) is 42.5 Å². The summed E-state index contributed by atoms with van der Waals surface area (Å²) in [5.74, 6) is -0.107. The van der Waals surface area contributed by atoms with Crippen LogP contribution >= 0.6 is 0 Å². The molecule has 0 bridgehead atoms. The Morgan fingerprint density at radius 2 is 1.56 bits per heavy atom. The summed E-state index contributed by atoms with van der Waals surface area (Å²) in [6, 6.07) is 12.3. The minimum Gasteiger partial charge on any atom is -0.385 e. The molecule has 1 aliphatic rings. The maximum absolute atomic E-state index is 13.8. The molecule has 1 aliphatic carbocycles. The number of benzene rings is 2. The maximum Gasteiger partial charge on any atom is 0.166 e. The average molecular weight is 346 g/mol. The molecule has 0 aromatic heterocycles. The van der Waals surface area contributed by atoms with Gasteiger partial charge in [0, 0.05) is 19.3 Å². The Bertz CT molecular complexity index is 642. The van der Waals surface area contributed by atoms with Crippen molar-refractivity contribution in [1.82, 2.24) is 0 Å². The van der Waals surface area contributed by atoms with Gasteiger partial charge in [0.2, 0.25) is 0 Å². The fourth-order valence-corrected chi connectivity index (χ4v) is 3.26. The molecule has 136 valence electrons. The molecule has 0 aliphatic heterocycles. The van der Waals surface area contributed by atoms with Crippen LogP contribution in [0.3, 0.4) is 0 Å². The molecular weight excluding hydrogens is 318 g/mol. The van der Waals surface area contributed by atoms with Crippen molar-refractivity contribution in [3.05, 3.63) is 59.7 Å². The van der Waals surface area contributed by atoms with Gasteiger partial charge >= 0.3 is 0 Å². The molecule has 0 N–H and O–H groups in total. The molecule has 0 heterocycles. The molecule has 2 aromatic rings. The molecule has 0 unspecified atom stereocenters. The van der Waals surface area contributed by atoms with Crippen LogP contribution in [0.1, 0.15) is 51.0 Å². The van der Waals surface area contributed by atoms with E-state index < -0.39 is 11.6 Å². The van der Waals surface area contributed by atoms with E-state index in [-0.39, 0.29) is 0 Å². The summed E-state index contributed by atoms with van der Waals surface area (Å²) >= 11 is 0. The molecule has 1 nitrogen and oxygen atoms in total. The second kappa shape index (κ2) is 9.67. The van der Waals surface area contributed by atoms with Gasteiger partial charge in [0.15, 0.2) is 11.6 Å². The zero-order chi connectivity index (χ0) is 18.2. The van der Waals surface area contributed by atoms with Crippen molar-refractivity contribution >= 4 is 0 Å². The molecule has 25 heavy (non-hydrogen) atoms. The summed E-state index contributed by atoms with van der Waals surface area (Å²) in [7, 11) is 1.68. The number of hydrogen-bond acceptors (Lipinski definition) is 1. The molecule has 3 rings (SSSR count). The highest BCUT2D eigenvalue weighted by Gasteiger charge is 2.19. The van der Waals surface area contributed by atoms with Crippen LogP contribution in [0.4, 0.5) is 8.78 Å². The van der Waals surface area contributed by atoms with Gasteiger partial charge in [0.1, 0.15) is 0 Å². The summed E-state index contributed by atoms with van der Waals surface area (Å²) in [6.45, 7) is 5.09. The highest BCUT2D eigenvalue weighted by Crippen LogP contribution is 2.36. The zero-order valence-corrected chi connectivity index (χ0v) is 15.4. The van der Waals surface area contributed by atoms with Crippen LogP contribution in [-0.2, 0) is 4.74 Å². The van der Waals surface area contributed by atoms with Crippen molar-refractivity contribution in [2.24, 2.45) is 5.92 Å². The van der Waals surface area contributed by atoms with Gasteiger partial charge in [-0.2, -0.15) is 0 Å². The third-order valence-electron chi connectivity index (χ3n) is 4.95. The molecule has 2 aromatic carbocycles. The van der Waals surface area contributed by atoms with Crippen LogP contribution in [0.25, 0.3) is 11.1 Å². The molecule has 1 fully saturated rings. The fourth-order valence-electron chi connectivity index (χ4n) is 3.26. The molecule has 1 saturated carbocycles. The smallest absolute Gasteiger partial charge is 0.166 e. The first-order valence-corrected chi connectivity index (χ1v) is 9.10. The first-order chi connectivity index (χ1) is 12.1. The first-order valence-electron chi connectivity index (χ1n) is 9.10. The van der Waals surface area contributed by atoms with Gasteiger partial charge in [-0.25, -0.2) is 8.78 Å². The van der Waals surface area contributed by atoms with Gasteiger partial charge in [0.05, 0.1) is 0 Å². The first kappa shape index (κ1) is 19.6. The highest BCUT2D eigenvalue weighted by molar-refractivity contribution is 5.64. The molecule has 0 spiro atoms. The molecule has 0 radical (unpaired) electrons. The van der Waals surface area contributed by atoms with Crippen molar-refractivity contribution in [2.75, 3.05) is 13.7 Å². The Morgan fingerprint density at radius 3 is 2.12 bits per heavy atom. The Morgan fingerprint density at radius 1 is 0.960 bits per heavy atom. The maximum atomic E-state index is 13.8. The average Bonchev–Trinajstić information content (AvgIpc) is 2.65. The summed E-state index contributed by atoms with van der Waals surface area (Å²) in [5, 5.41) is 0. The van der Waals surface area contributed by atoms with Gasteiger partial charge in [0.25, 0.3) is 0 Å². The van der Waals surface area contributed by atoms with Gasteiger partial charge in [-0.15, -0.1) is 0 Å². The van der Waals surface area contributed by atoms with E-state index in [1.54, 1.807) is 19.2 Å². The summed E-state index contributed by atoms with van der Waals surface area (Å²) in [4.78, 5) is 0. The van der Waals surface area contributed by atoms with Crippen LogP contribution in [0.5, 0.6) is 0 Å². The van der Waals surface area contributed by atoms with Crippen LogP contribution in [0, 0.1) is 17.6 Å². The lowest BCUT2D eigenvalue weighted by Crippen LogP contribution is -2.10. The molecular formula is C22H28F2O. The van der Waals surface area contributed by atoms with E-state index in [9.17, 15) is 8.78 Å². The molecule has 0 atom stereocenters. The predicted molar refractivity (Wildman–Crippen MR) is 99.7 cm³/mol. The van der Waals surface area contributed by atoms with E-state index in [4.69, 9.17) is 0 Å². The van der Waals surface area contributed by atoms with Crippen molar-refractivity contribution in [1.29, 1.82) is 0 Å². The number of ether oxygens (including phenoxy) is 1. The van der Waals surface area contributed by atoms with Crippen LogP contribution in [0.2, 0.25) is 0 Å². The minimum atomic E-state index is -0.794. The van der Waals surface area contributed by atoms with E-state index in [2.05, 4.69) is 23.8 Å². The minimum absolute atomic E-state index is 0.332. The Kier molecular flexibility index (Phi) is 7.57. The topological polar surface area (TPSA) is 9.23 Å². The van der Waals surface area contributed by atoms with Crippen molar-refractivity contribution < 1.29 is 13.5 Å². The number of hydrogen-bond donors (Lipinski definition) is 0. The zero-order valence-electron chi connectivity index (χ0n) is 15.4. The second-order valence-corrected chi connectivity index (χ2v) is 6.76. The molecule has 0 amide bonds. The highest BCUT2D eigenvalue weighted by atomic mass is 19.2. The Labute approximate surface area is 150 Å². The predicted octanol–water partition coefficient (Wildman–Crippen LogP) is 6.58. The molecule has 3 heteroatoms. The summed E-state index contributed by atoms with van der Waals surface area (Å²) < 4.78 is 31.6. The lowest BCUT2D eigenvalue weighted by atomic mass is 9.79. The molecule has 0 saturated heterocycles. The normalized spacial score (nSPS) is 19.9. The van der Waals surface area contributed by atoms with E-state index >= 15 is 0 Å².